The average molecular weight is 225 g/mol. The quantitative estimate of drug-likeness (QED) is 0.854. The van der Waals surface area contributed by atoms with E-state index < -0.39 is 0 Å². The standard InChI is InChI=1S/C14H15N3/c1-10-9-17(14(16)13(10)8-15)11(2)12-6-4-3-5-7-12/h3-7,9,11H,16H2,1-2H3. The Balaban J connectivity index is 2.46. The number of anilines is 1. The van der Waals surface area contributed by atoms with E-state index in [1.54, 1.807) is 0 Å². The second-order valence-corrected chi connectivity index (χ2v) is 4.18. The van der Waals surface area contributed by atoms with Gasteiger partial charge in [-0.15, -0.1) is 0 Å². The number of nitrogen functional groups attached to an aromatic ring is 1. The Morgan fingerprint density at radius 2 is 1.94 bits per heavy atom. The number of nitrogens with zero attached hydrogens (tertiary/aromatic N) is 2. The topological polar surface area (TPSA) is 54.7 Å². The number of nitrogens with two attached hydrogens (primary N) is 1. The molecule has 17 heavy (non-hydrogen) atoms. The summed E-state index contributed by atoms with van der Waals surface area (Å²) in [4.78, 5) is 0. The molecular formula is C14H15N3. The molecule has 86 valence electrons. The molecule has 3 heteroatoms. The third-order valence-corrected chi connectivity index (χ3v) is 3.07. The smallest absolute Gasteiger partial charge is 0.122 e. The van der Waals surface area contributed by atoms with Gasteiger partial charge in [-0.2, -0.15) is 5.26 Å². The third kappa shape index (κ3) is 1.90. The van der Waals surface area contributed by atoms with Crippen LogP contribution in [0.25, 0.3) is 0 Å². The van der Waals surface area contributed by atoms with E-state index in [1.165, 1.54) is 5.56 Å². The lowest BCUT2D eigenvalue weighted by molar-refractivity contribution is 0.650. The van der Waals surface area contributed by atoms with Crippen LogP contribution >= 0.6 is 0 Å². The van der Waals surface area contributed by atoms with E-state index in [0.717, 1.165) is 5.56 Å². The molecule has 0 aliphatic rings. The Morgan fingerprint density at radius 3 is 2.47 bits per heavy atom. The van der Waals surface area contributed by atoms with Gasteiger partial charge >= 0.3 is 0 Å². The molecule has 0 spiro atoms. The number of nitriles is 1. The maximum atomic E-state index is 9.02. The SMILES string of the molecule is Cc1cn(C(C)c2ccccc2)c(N)c1C#N. The number of hydrogen-bond donors (Lipinski definition) is 1. The molecule has 1 atom stereocenters. The largest absolute Gasteiger partial charge is 0.384 e. The summed E-state index contributed by atoms with van der Waals surface area (Å²) in [5.74, 6) is 0.543. The molecule has 2 N–H and O–H groups in total. The average Bonchev–Trinajstić information content (AvgIpc) is 2.64. The molecule has 1 aromatic carbocycles. The van der Waals surface area contributed by atoms with Gasteiger partial charge in [0.25, 0.3) is 0 Å². The minimum absolute atomic E-state index is 0.136. The first-order chi connectivity index (χ1) is 8.15. The van der Waals surface area contributed by atoms with Gasteiger partial charge in [0.1, 0.15) is 11.9 Å². The van der Waals surface area contributed by atoms with Crippen molar-refractivity contribution in [3.8, 4) is 6.07 Å². The molecule has 0 amide bonds. The van der Waals surface area contributed by atoms with Crippen molar-refractivity contribution in [2.45, 2.75) is 19.9 Å². The Labute approximate surface area is 101 Å². The summed E-state index contributed by atoms with van der Waals surface area (Å²) >= 11 is 0. The molecular weight excluding hydrogens is 210 g/mol. The molecule has 0 aliphatic heterocycles. The molecule has 0 saturated heterocycles. The molecule has 2 rings (SSSR count). The first-order valence-corrected chi connectivity index (χ1v) is 5.57. The Hall–Kier alpha value is -2.21. The second-order valence-electron chi connectivity index (χ2n) is 4.18. The first-order valence-electron chi connectivity index (χ1n) is 5.57. The molecule has 0 saturated carbocycles. The van der Waals surface area contributed by atoms with Gasteiger partial charge in [-0.25, -0.2) is 0 Å². The van der Waals surface area contributed by atoms with Crippen molar-refractivity contribution in [3.05, 3.63) is 53.2 Å². The van der Waals surface area contributed by atoms with Crippen LogP contribution < -0.4 is 5.73 Å². The summed E-state index contributed by atoms with van der Waals surface area (Å²) in [6, 6.07) is 12.4. The summed E-state index contributed by atoms with van der Waals surface area (Å²) in [5.41, 5.74) is 8.67. The molecule has 0 fully saturated rings. The van der Waals surface area contributed by atoms with Crippen LogP contribution in [0.2, 0.25) is 0 Å². The highest BCUT2D eigenvalue weighted by molar-refractivity contribution is 5.55. The zero-order chi connectivity index (χ0) is 12.4. The van der Waals surface area contributed by atoms with E-state index in [1.807, 2.05) is 35.9 Å². The number of benzene rings is 1. The maximum absolute atomic E-state index is 9.02. The fourth-order valence-corrected chi connectivity index (χ4v) is 2.03. The van der Waals surface area contributed by atoms with Crippen molar-refractivity contribution in [3.63, 3.8) is 0 Å². The molecule has 0 bridgehead atoms. The lowest BCUT2D eigenvalue weighted by Crippen LogP contribution is -2.09. The van der Waals surface area contributed by atoms with Crippen molar-refractivity contribution in [2.24, 2.45) is 0 Å². The fraction of sp³-hybridized carbons (Fsp3) is 0.214. The van der Waals surface area contributed by atoms with Crippen molar-refractivity contribution in [1.29, 1.82) is 5.26 Å². The van der Waals surface area contributed by atoms with E-state index in [2.05, 4.69) is 25.1 Å². The lowest BCUT2D eigenvalue weighted by atomic mass is 10.1. The van der Waals surface area contributed by atoms with Crippen LogP contribution in [0, 0.1) is 18.3 Å². The van der Waals surface area contributed by atoms with Gasteiger partial charge in [0.05, 0.1) is 11.6 Å². The summed E-state index contributed by atoms with van der Waals surface area (Å²) in [7, 11) is 0. The van der Waals surface area contributed by atoms with Crippen LogP contribution in [0.4, 0.5) is 5.82 Å². The van der Waals surface area contributed by atoms with E-state index >= 15 is 0 Å². The van der Waals surface area contributed by atoms with Crippen LogP contribution in [-0.4, -0.2) is 4.57 Å². The normalized spacial score (nSPS) is 12.1. The summed E-state index contributed by atoms with van der Waals surface area (Å²) < 4.78 is 1.95. The van der Waals surface area contributed by atoms with Gasteiger partial charge < -0.3 is 10.3 Å². The van der Waals surface area contributed by atoms with Gasteiger partial charge in [-0.05, 0) is 25.0 Å². The van der Waals surface area contributed by atoms with Crippen molar-refractivity contribution >= 4 is 5.82 Å². The predicted molar refractivity (Wildman–Crippen MR) is 68.6 cm³/mol. The highest BCUT2D eigenvalue weighted by Gasteiger charge is 2.15. The van der Waals surface area contributed by atoms with Gasteiger partial charge in [0.2, 0.25) is 0 Å². The highest BCUT2D eigenvalue weighted by atomic mass is 15.1. The number of aryl methyl sites for hydroxylation is 1. The minimum atomic E-state index is 0.136. The third-order valence-electron chi connectivity index (χ3n) is 3.07. The van der Waals surface area contributed by atoms with Gasteiger partial charge in [-0.3, -0.25) is 0 Å². The predicted octanol–water partition coefficient (Wildman–Crippen LogP) is 2.86. The first kappa shape index (κ1) is 11.3. The van der Waals surface area contributed by atoms with Crippen molar-refractivity contribution in [2.75, 3.05) is 5.73 Å². The van der Waals surface area contributed by atoms with Crippen LogP contribution in [0.3, 0.4) is 0 Å². The summed E-state index contributed by atoms with van der Waals surface area (Å²) in [6.07, 6.45) is 1.94. The lowest BCUT2D eigenvalue weighted by Gasteiger charge is -2.16. The molecule has 1 heterocycles. The maximum Gasteiger partial charge on any atom is 0.122 e. The number of hydrogen-bond acceptors (Lipinski definition) is 2. The van der Waals surface area contributed by atoms with Crippen LogP contribution in [0.5, 0.6) is 0 Å². The van der Waals surface area contributed by atoms with Gasteiger partial charge in [0, 0.05) is 6.20 Å². The zero-order valence-electron chi connectivity index (χ0n) is 10.0. The fourth-order valence-electron chi connectivity index (χ4n) is 2.03. The Morgan fingerprint density at radius 1 is 1.29 bits per heavy atom. The summed E-state index contributed by atoms with van der Waals surface area (Å²) in [5, 5.41) is 9.02. The molecule has 1 unspecified atom stereocenters. The molecule has 0 aliphatic carbocycles. The Kier molecular flexibility index (Phi) is 2.88. The van der Waals surface area contributed by atoms with E-state index in [4.69, 9.17) is 11.0 Å². The molecule has 3 nitrogen and oxygen atoms in total. The molecule has 1 aromatic heterocycles. The second kappa shape index (κ2) is 4.34. The minimum Gasteiger partial charge on any atom is -0.384 e. The van der Waals surface area contributed by atoms with E-state index in [9.17, 15) is 0 Å². The summed E-state index contributed by atoms with van der Waals surface area (Å²) in [6.45, 7) is 3.98. The van der Waals surface area contributed by atoms with Crippen molar-refractivity contribution in [1.82, 2.24) is 4.57 Å². The van der Waals surface area contributed by atoms with Crippen LogP contribution in [0.1, 0.15) is 29.7 Å². The number of aromatic nitrogens is 1. The van der Waals surface area contributed by atoms with E-state index in [0.29, 0.717) is 11.4 Å². The highest BCUT2D eigenvalue weighted by Crippen LogP contribution is 2.26. The van der Waals surface area contributed by atoms with Crippen molar-refractivity contribution < 1.29 is 0 Å². The van der Waals surface area contributed by atoms with E-state index in [-0.39, 0.29) is 6.04 Å². The van der Waals surface area contributed by atoms with Crippen LogP contribution in [-0.2, 0) is 0 Å². The zero-order valence-corrected chi connectivity index (χ0v) is 10.0. The monoisotopic (exact) mass is 225 g/mol. The van der Waals surface area contributed by atoms with Crippen LogP contribution in [0.15, 0.2) is 36.5 Å². The number of rotatable bonds is 2. The molecule has 2 aromatic rings. The van der Waals surface area contributed by atoms with Gasteiger partial charge in [0.15, 0.2) is 0 Å². The van der Waals surface area contributed by atoms with Gasteiger partial charge in [-0.1, -0.05) is 30.3 Å². The Bertz CT molecular complexity index is 561. The molecule has 0 radical (unpaired) electrons.